The topological polar surface area (TPSA) is 55.1 Å². The molecule has 0 aromatic heterocycles. The summed E-state index contributed by atoms with van der Waals surface area (Å²) >= 11 is 0. The van der Waals surface area contributed by atoms with Crippen LogP contribution >= 0.6 is 0 Å². The number of carbonyl (C=O) groups is 1. The van der Waals surface area contributed by atoms with Crippen molar-refractivity contribution >= 4 is 5.91 Å². The first-order valence-electron chi connectivity index (χ1n) is 11.8. The largest absolute Gasteiger partial charge is 0.290 e. The number of carbonyl (C=O) groups excluding carboxylic acids is 1. The second-order valence-electron chi connectivity index (χ2n) is 8.18. The van der Waals surface area contributed by atoms with Gasteiger partial charge in [-0.05, 0) is 67.3 Å². The molecule has 0 unspecified atom stereocenters. The molecule has 0 saturated heterocycles. The minimum absolute atomic E-state index is 0.165. The molecule has 1 aromatic rings. The summed E-state index contributed by atoms with van der Waals surface area (Å²) in [4.78, 5) is 12.2. The van der Waals surface area contributed by atoms with Gasteiger partial charge < -0.3 is 0 Å². The van der Waals surface area contributed by atoms with Crippen LogP contribution in [0.3, 0.4) is 0 Å². The highest BCUT2D eigenvalue weighted by molar-refractivity contribution is 5.94. The van der Waals surface area contributed by atoms with Crippen molar-refractivity contribution < 1.29 is 4.79 Å². The Bertz CT molecular complexity index is 520. The van der Waals surface area contributed by atoms with Gasteiger partial charge in [-0.1, -0.05) is 78.6 Å². The van der Waals surface area contributed by atoms with Crippen molar-refractivity contribution in [1.82, 2.24) is 5.43 Å². The number of hydrogen-bond donors (Lipinski definition) is 2. The average molecular weight is 389 g/mol. The number of hydrogen-bond acceptors (Lipinski definition) is 2. The van der Waals surface area contributed by atoms with Gasteiger partial charge >= 0.3 is 0 Å². The van der Waals surface area contributed by atoms with Gasteiger partial charge in [0.15, 0.2) is 0 Å². The second-order valence-corrected chi connectivity index (χ2v) is 8.18. The Kier molecular flexibility index (Phi) is 13.7. The summed E-state index contributed by atoms with van der Waals surface area (Å²) in [6, 6.07) is 4.22. The Morgan fingerprint density at radius 3 is 1.54 bits per heavy atom. The van der Waals surface area contributed by atoms with Crippen LogP contribution in [-0.2, 0) is 19.3 Å². The average Bonchev–Trinajstić information content (AvgIpc) is 2.71. The van der Waals surface area contributed by atoms with Crippen molar-refractivity contribution in [3.05, 3.63) is 34.4 Å². The van der Waals surface area contributed by atoms with E-state index in [1.54, 1.807) is 0 Å². The number of hydrazine groups is 1. The lowest BCUT2D eigenvalue weighted by Gasteiger charge is -2.18. The van der Waals surface area contributed by atoms with Crippen molar-refractivity contribution in [3.63, 3.8) is 0 Å². The molecule has 0 aliphatic heterocycles. The predicted molar refractivity (Wildman–Crippen MR) is 122 cm³/mol. The quantitative estimate of drug-likeness (QED) is 0.144. The molecule has 0 spiro atoms. The minimum atomic E-state index is -0.165. The maximum atomic E-state index is 12.2. The monoisotopic (exact) mass is 388 g/mol. The normalized spacial score (nSPS) is 11.0. The van der Waals surface area contributed by atoms with Crippen LogP contribution in [0.1, 0.15) is 125 Å². The molecule has 0 saturated carbocycles. The van der Waals surface area contributed by atoms with Gasteiger partial charge in [0.25, 0.3) is 5.91 Å². The smallest absolute Gasteiger partial charge is 0.265 e. The maximum absolute atomic E-state index is 12.2. The van der Waals surface area contributed by atoms with E-state index in [0.717, 1.165) is 24.8 Å². The highest BCUT2D eigenvalue weighted by atomic mass is 16.2. The zero-order valence-electron chi connectivity index (χ0n) is 18.7. The third-order valence-electron chi connectivity index (χ3n) is 5.71. The molecule has 0 heterocycles. The molecule has 0 aliphatic carbocycles. The van der Waals surface area contributed by atoms with Crippen molar-refractivity contribution in [2.75, 3.05) is 0 Å². The van der Waals surface area contributed by atoms with Crippen molar-refractivity contribution in [3.8, 4) is 0 Å². The Hall–Kier alpha value is -1.35. The van der Waals surface area contributed by atoms with Gasteiger partial charge in [-0.3, -0.25) is 10.2 Å². The van der Waals surface area contributed by atoms with Gasteiger partial charge in [-0.2, -0.15) is 0 Å². The molecule has 3 heteroatoms. The molecular weight excluding hydrogens is 344 g/mol. The molecule has 3 nitrogen and oxygen atoms in total. The van der Waals surface area contributed by atoms with Crippen LogP contribution in [0.15, 0.2) is 12.1 Å². The van der Waals surface area contributed by atoms with Crippen molar-refractivity contribution in [2.45, 2.75) is 117 Å². The highest BCUT2D eigenvalue weighted by Crippen LogP contribution is 2.25. The van der Waals surface area contributed by atoms with E-state index in [-0.39, 0.29) is 5.91 Å². The molecule has 0 atom stereocenters. The van der Waals surface area contributed by atoms with Gasteiger partial charge in [0.05, 0.1) is 0 Å². The Morgan fingerprint density at radius 1 is 0.714 bits per heavy atom. The number of nitrogen functional groups attached to an aromatic ring is 1. The third-order valence-corrected chi connectivity index (χ3v) is 5.71. The molecule has 1 amide bonds. The summed E-state index contributed by atoms with van der Waals surface area (Å²) in [7, 11) is 0. The summed E-state index contributed by atoms with van der Waals surface area (Å²) in [5.74, 6) is 5.27. The number of benzene rings is 1. The van der Waals surface area contributed by atoms with Gasteiger partial charge in [0.1, 0.15) is 0 Å². The van der Waals surface area contributed by atoms with Gasteiger partial charge in [0.2, 0.25) is 0 Å². The van der Waals surface area contributed by atoms with Crippen LogP contribution in [0.5, 0.6) is 0 Å². The molecule has 3 N–H and O–H groups in total. The fourth-order valence-electron chi connectivity index (χ4n) is 3.99. The molecule has 0 radical (unpaired) electrons. The molecule has 160 valence electrons. The molecule has 1 aromatic carbocycles. The first-order valence-corrected chi connectivity index (χ1v) is 11.8. The number of nitrogens with two attached hydrogens (primary N) is 1. The second kappa shape index (κ2) is 15.6. The summed E-state index contributed by atoms with van der Waals surface area (Å²) in [6.45, 7) is 6.76. The maximum Gasteiger partial charge on any atom is 0.265 e. The van der Waals surface area contributed by atoms with Gasteiger partial charge in [-0.15, -0.1) is 0 Å². The van der Waals surface area contributed by atoms with E-state index in [9.17, 15) is 4.79 Å². The van der Waals surface area contributed by atoms with E-state index >= 15 is 0 Å². The SMILES string of the molecule is CCCCCCc1cc(C(=O)NN)cc(CCCCCC)c1CCCCCC. The zero-order chi connectivity index (χ0) is 20.6. The van der Waals surface area contributed by atoms with Crippen molar-refractivity contribution in [1.29, 1.82) is 0 Å². The van der Waals surface area contributed by atoms with Crippen LogP contribution in [0.2, 0.25) is 0 Å². The van der Waals surface area contributed by atoms with Crippen molar-refractivity contribution in [2.24, 2.45) is 5.84 Å². The number of nitrogens with one attached hydrogen (secondary N) is 1. The summed E-state index contributed by atoms with van der Waals surface area (Å²) in [5.41, 5.74) is 7.36. The lowest BCUT2D eigenvalue weighted by Crippen LogP contribution is -2.30. The first-order chi connectivity index (χ1) is 13.7. The first kappa shape index (κ1) is 24.7. The molecule has 28 heavy (non-hydrogen) atoms. The lowest BCUT2D eigenvalue weighted by atomic mass is 9.88. The van der Waals surface area contributed by atoms with E-state index in [1.807, 2.05) is 0 Å². The number of unbranched alkanes of at least 4 members (excludes halogenated alkanes) is 9. The number of rotatable bonds is 16. The fourth-order valence-corrected chi connectivity index (χ4v) is 3.99. The Labute approximate surface area is 173 Å². The number of aryl methyl sites for hydroxylation is 2. The van der Waals surface area contributed by atoms with Crippen LogP contribution in [-0.4, -0.2) is 5.91 Å². The van der Waals surface area contributed by atoms with Gasteiger partial charge in [0, 0.05) is 5.56 Å². The zero-order valence-corrected chi connectivity index (χ0v) is 18.7. The van der Waals surface area contributed by atoms with Gasteiger partial charge in [-0.25, -0.2) is 5.84 Å². The summed E-state index contributed by atoms with van der Waals surface area (Å²) in [5, 5.41) is 0. The van der Waals surface area contributed by atoms with E-state index in [4.69, 9.17) is 5.84 Å². The van der Waals surface area contributed by atoms with Crippen LogP contribution in [0.25, 0.3) is 0 Å². The van der Waals surface area contributed by atoms with E-state index in [1.165, 1.54) is 93.7 Å². The summed E-state index contributed by atoms with van der Waals surface area (Å²) < 4.78 is 0. The van der Waals surface area contributed by atoms with Crippen LogP contribution in [0.4, 0.5) is 0 Å². The molecular formula is C25H44N2O. The van der Waals surface area contributed by atoms with E-state index in [0.29, 0.717) is 0 Å². The van der Waals surface area contributed by atoms with Crippen LogP contribution in [0, 0.1) is 0 Å². The molecule has 0 aliphatic rings. The molecule has 0 bridgehead atoms. The summed E-state index contributed by atoms with van der Waals surface area (Å²) in [6.07, 6.45) is 18.5. The number of amides is 1. The highest BCUT2D eigenvalue weighted by Gasteiger charge is 2.14. The Morgan fingerprint density at radius 2 is 1.14 bits per heavy atom. The van der Waals surface area contributed by atoms with E-state index in [2.05, 4.69) is 38.3 Å². The minimum Gasteiger partial charge on any atom is -0.290 e. The van der Waals surface area contributed by atoms with Crippen LogP contribution < -0.4 is 11.3 Å². The predicted octanol–water partition coefficient (Wildman–Crippen LogP) is 6.66. The van der Waals surface area contributed by atoms with E-state index < -0.39 is 0 Å². The standard InChI is InChI=1S/C25H44N2O/c1-4-7-10-13-16-21-19-23(25(28)27-26)20-22(17-14-11-8-5-2)24(21)18-15-12-9-6-3/h19-20H,4-18,26H2,1-3H3,(H,27,28). The Balaban J connectivity index is 3.05. The molecule has 0 fully saturated rings. The lowest BCUT2D eigenvalue weighted by molar-refractivity contribution is 0.0953. The molecule has 1 rings (SSSR count). The third kappa shape index (κ3) is 9.23. The fraction of sp³-hybridized carbons (Fsp3) is 0.720.